The summed E-state index contributed by atoms with van der Waals surface area (Å²) in [6.45, 7) is 6.88. The number of benzene rings is 1. The van der Waals surface area contributed by atoms with Gasteiger partial charge >= 0.3 is 0 Å². The van der Waals surface area contributed by atoms with Crippen molar-refractivity contribution in [1.29, 1.82) is 0 Å². The highest BCUT2D eigenvalue weighted by Gasteiger charge is 2.26. The lowest BCUT2D eigenvalue weighted by Crippen LogP contribution is -2.47. The average Bonchev–Trinajstić information content (AvgIpc) is 2.94. The third kappa shape index (κ3) is 3.58. The van der Waals surface area contributed by atoms with Crippen molar-refractivity contribution in [2.45, 2.75) is 45.2 Å². The zero-order chi connectivity index (χ0) is 14.6. The quantitative estimate of drug-likeness (QED) is 0.867. The Balaban J connectivity index is 2.09. The van der Waals surface area contributed by atoms with E-state index in [9.17, 15) is 4.79 Å². The van der Waals surface area contributed by atoms with Crippen LogP contribution in [0.2, 0.25) is 0 Å². The normalized spacial score (nSPS) is 18.8. The molecule has 4 nitrogen and oxygen atoms in total. The summed E-state index contributed by atoms with van der Waals surface area (Å²) in [5.74, 6) is -0.117. The number of carbonyl (C=O) groups excluding carboxylic acids is 1. The van der Waals surface area contributed by atoms with Crippen molar-refractivity contribution in [2.24, 2.45) is 5.73 Å². The average molecular weight is 275 g/mol. The molecule has 0 saturated carbocycles. The molecular weight excluding hydrogens is 250 g/mol. The molecule has 1 aromatic carbocycles. The Kier molecular flexibility index (Phi) is 4.78. The highest BCUT2D eigenvalue weighted by Crippen LogP contribution is 2.21. The van der Waals surface area contributed by atoms with Gasteiger partial charge in [-0.25, -0.2) is 0 Å². The molecule has 2 rings (SSSR count). The summed E-state index contributed by atoms with van der Waals surface area (Å²) in [4.78, 5) is 14.6. The van der Waals surface area contributed by atoms with Crippen molar-refractivity contribution in [3.63, 3.8) is 0 Å². The molecule has 0 spiro atoms. The predicted octanol–water partition coefficient (Wildman–Crippen LogP) is 2.35. The summed E-state index contributed by atoms with van der Waals surface area (Å²) >= 11 is 0. The van der Waals surface area contributed by atoms with Gasteiger partial charge in [0, 0.05) is 12.2 Å². The maximum absolute atomic E-state index is 12.2. The zero-order valence-corrected chi connectivity index (χ0v) is 12.5. The van der Waals surface area contributed by atoms with Crippen LogP contribution in [0.1, 0.15) is 38.7 Å². The van der Waals surface area contributed by atoms with Crippen LogP contribution in [0.25, 0.3) is 0 Å². The number of nitrogens with two attached hydrogens (primary N) is 1. The second kappa shape index (κ2) is 6.37. The van der Waals surface area contributed by atoms with Crippen molar-refractivity contribution in [3.8, 4) is 0 Å². The van der Waals surface area contributed by atoms with Gasteiger partial charge in [-0.1, -0.05) is 25.1 Å². The van der Waals surface area contributed by atoms with Crippen LogP contribution >= 0.6 is 0 Å². The number of nitrogens with zero attached hydrogens (tertiary/aromatic N) is 1. The third-order valence-electron chi connectivity index (χ3n) is 4.11. The van der Waals surface area contributed by atoms with Crippen molar-refractivity contribution < 1.29 is 4.79 Å². The highest BCUT2D eigenvalue weighted by atomic mass is 16.2. The van der Waals surface area contributed by atoms with Gasteiger partial charge in [0.1, 0.15) is 0 Å². The van der Waals surface area contributed by atoms with Gasteiger partial charge in [0.15, 0.2) is 0 Å². The first-order chi connectivity index (χ1) is 9.53. The Morgan fingerprint density at radius 3 is 2.65 bits per heavy atom. The zero-order valence-electron chi connectivity index (χ0n) is 12.5. The number of likely N-dealkylation sites (tertiary alicyclic amines) is 1. The molecule has 1 fully saturated rings. The second-order valence-corrected chi connectivity index (χ2v) is 5.87. The molecule has 1 atom stereocenters. The number of carbonyl (C=O) groups is 1. The molecular formula is C16H25N3O. The molecule has 1 aliphatic heterocycles. The summed E-state index contributed by atoms with van der Waals surface area (Å²) in [5.41, 5.74) is 7.23. The van der Waals surface area contributed by atoms with Crippen LogP contribution in [-0.2, 0) is 11.3 Å². The molecule has 0 aromatic heterocycles. The first kappa shape index (κ1) is 15.0. The van der Waals surface area contributed by atoms with Crippen molar-refractivity contribution in [3.05, 3.63) is 29.8 Å². The fraction of sp³-hybridized carbons (Fsp3) is 0.562. The Morgan fingerprint density at radius 2 is 2.00 bits per heavy atom. The Morgan fingerprint density at radius 1 is 1.35 bits per heavy atom. The number of anilines is 1. The second-order valence-electron chi connectivity index (χ2n) is 5.87. The Hall–Kier alpha value is -1.39. The fourth-order valence-corrected chi connectivity index (χ4v) is 2.39. The summed E-state index contributed by atoms with van der Waals surface area (Å²) < 4.78 is 0. The van der Waals surface area contributed by atoms with Crippen LogP contribution in [0.5, 0.6) is 0 Å². The largest absolute Gasteiger partial charge is 0.324 e. The first-order valence-electron chi connectivity index (χ1n) is 7.43. The highest BCUT2D eigenvalue weighted by molar-refractivity contribution is 5.98. The van der Waals surface area contributed by atoms with Gasteiger partial charge in [0.05, 0.1) is 5.54 Å². The van der Waals surface area contributed by atoms with Gasteiger partial charge in [-0.2, -0.15) is 0 Å². The van der Waals surface area contributed by atoms with E-state index in [4.69, 9.17) is 5.73 Å². The molecule has 0 bridgehead atoms. The number of nitrogens with one attached hydrogen (secondary N) is 1. The lowest BCUT2D eigenvalue weighted by molar-refractivity contribution is -0.120. The molecule has 0 radical (unpaired) electrons. The van der Waals surface area contributed by atoms with Crippen LogP contribution < -0.4 is 11.1 Å². The summed E-state index contributed by atoms with van der Waals surface area (Å²) in [7, 11) is 0. The van der Waals surface area contributed by atoms with Gasteiger partial charge in [-0.15, -0.1) is 0 Å². The van der Waals surface area contributed by atoms with Gasteiger partial charge in [-0.05, 0) is 50.9 Å². The maximum Gasteiger partial charge on any atom is 0.244 e. The van der Waals surface area contributed by atoms with Gasteiger partial charge in [0.25, 0.3) is 0 Å². The van der Waals surface area contributed by atoms with Crippen molar-refractivity contribution in [1.82, 2.24) is 4.90 Å². The summed E-state index contributed by atoms with van der Waals surface area (Å²) in [5, 5.41) is 2.99. The number of para-hydroxylation sites is 1. The smallest absolute Gasteiger partial charge is 0.244 e. The molecule has 20 heavy (non-hydrogen) atoms. The monoisotopic (exact) mass is 275 g/mol. The number of hydrogen-bond acceptors (Lipinski definition) is 3. The lowest BCUT2D eigenvalue weighted by Gasteiger charge is -2.23. The van der Waals surface area contributed by atoms with Gasteiger partial charge in [-0.3, -0.25) is 9.69 Å². The van der Waals surface area contributed by atoms with Crippen molar-refractivity contribution in [2.75, 3.05) is 18.4 Å². The number of hydrogen-bond donors (Lipinski definition) is 2. The molecule has 3 N–H and O–H groups in total. The Bertz CT molecular complexity index is 465. The van der Waals surface area contributed by atoms with Crippen molar-refractivity contribution >= 4 is 11.6 Å². The van der Waals surface area contributed by atoms with Crippen LogP contribution in [0.15, 0.2) is 24.3 Å². The Labute approximate surface area is 121 Å². The number of rotatable bonds is 5. The van der Waals surface area contributed by atoms with Gasteiger partial charge in [0.2, 0.25) is 5.91 Å². The van der Waals surface area contributed by atoms with E-state index in [0.29, 0.717) is 6.42 Å². The SMILES string of the molecule is CCC(C)(N)C(=O)Nc1ccccc1CN1CCCC1. The molecule has 4 heteroatoms. The van der Waals surface area contributed by atoms with E-state index in [1.807, 2.05) is 25.1 Å². The van der Waals surface area contributed by atoms with E-state index >= 15 is 0 Å². The minimum absolute atomic E-state index is 0.117. The molecule has 1 amide bonds. The van der Waals surface area contributed by atoms with E-state index in [-0.39, 0.29) is 5.91 Å². The van der Waals surface area contributed by atoms with Crippen LogP contribution in [0, 0.1) is 0 Å². The lowest BCUT2D eigenvalue weighted by atomic mass is 9.99. The standard InChI is InChI=1S/C16H25N3O/c1-3-16(2,17)15(20)18-14-9-5-4-8-13(14)12-19-10-6-7-11-19/h4-5,8-9H,3,6-7,10-12,17H2,1-2H3,(H,18,20). The van der Waals surface area contributed by atoms with E-state index in [2.05, 4.69) is 16.3 Å². The first-order valence-corrected chi connectivity index (χ1v) is 7.43. The molecule has 1 unspecified atom stereocenters. The predicted molar refractivity (Wildman–Crippen MR) is 82.5 cm³/mol. The van der Waals surface area contributed by atoms with E-state index < -0.39 is 5.54 Å². The van der Waals surface area contributed by atoms with Crippen LogP contribution in [-0.4, -0.2) is 29.4 Å². The molecule has 0 aliphatic carbocycles. The van der Waals surface area contributed by atoms with E-state index in [1.165, 1.54) is 12.8 Å². The number of amides is 1. The minimum atomic E-state index is -0.819. The van der Waals surface area contributed by atoms with Gasteiger partial charge < -0.3 is 11.1 Å². The van der Waals surface area contributed by atoms with E-state index in [0.717, 1.165) is 30.9 Å². The van der Waals surface area contributed by atoms with Crippen LogP contribution in [0.4, 0.5) is 5.69 Å². The van der Waals surface area contributed by atoms with Crippen LogP contribution in [0.3, 0.4) is 0 Å². The minimum Gasteiger partial charge on any atom is -0.324 e. The molecule has 1 heterocycles. The molecule has 1 saturated heterocycles. The molecule has 1 aromatic rings. The summed E-state index contributed by atoms with van der Waals surface area (Å²) in [6, 6.07) is 7.99. The topological polar surface area (TPSA) is 58.4 Å². The van der Waals surface area contributed by atoms with E-state index in [1.54, 1.807) is 6.92 Å². The maximum atomic E-state index is 12.2. The molecule has 110 valence electrons. The third-order valence-corrected chi connectivity index (χ3v) is 4.11. The molecule has 1 aliphatic rings. The fourth-order valence-electron chi connectivity index (χ4n) is 2.39. The summed E-state index contributed by atoms with van der Waals surface area (Å²) in [6.07, 6.45) is 3.16.